The van der Waals surface area contributed by atoms with E-state index < -0.39 is 21.9 Å². The van der Waals surface area contributed by atoms with Crippen LogP contribution >= 0.6 is 0 Å². The van der Waals surface area contributed by atoms with Gasteiger partial charge in [-0.1, -0.05) is 18.2 Å². The maximum absolute atomic E-state index is 13.4. The molecule has 1 amide bonds. The first-order chi connectivity index (χ1) is 16.8. The number of fused-ring (bicyclic) bond motifs is 1. The molecular formula is C26H26N2O6S. The van der Waals surface area contributed by atoms with Gasteiger partial charge in [0.15, 0.2) is 6.61 Å². The summed E-state index contributed by atoms with van der Waals surface area (Å²) in [6, 6.07) is 18.4. The van der Waals surface area contributed by atoms with Crippen LogP contribution in [0.5, 0.6) is 5.75 Å². The van der Waals surface area contributed by atoms with Gasteiger partial charge in [-0.3, -0.25) is 9.10 Å². The molecule has 3 aromatic carbocycles. The third kappa shape index (κ3) is 5.30. The van der Waals surface area contributed by atoms with Crippen molar-refractivity contribution in [3.8, 4) is 5.75 Å². The van der Waals surface area contributed by atoms with Gasteiger partial charge in [0.05, 0.1) is 23.3 Å². The van der Waals surface area contributed by atoms with Gasteiger partial charge < -0.3 is 14.8 Å². The Morgan fingerprint density at radius 3 is 2.49 bits per heavy atom. The zero-order chi connectivity index (χ0) is 25.0. The molecule has 3 aromatic rings. The molecular weight excluding hydrogens is 468 g/mol. The predicted octanol–water partition coefficient (Wildman–Crippen LogP) is 3.94. The second kappa shape index (κ2) is 10.2. The number of ether oxygens (including phenoxy) is 2. The number of amides is 1. The van der Waals surface area contributed by atoms with Crippen LogP contribution in [0.3, 0.4) is 0 Å². The van der Waals surface area contributed by atoms with Crippen LogP contribution in [0.4, 0.5) is 11.4 Å². The average molecular weight is 495 g/mol. The summed E-state index contributed by atoms with van der Waals surface area (Å²) in [6.07, 6.45) is 1.61. The molecule has 182 valence electrons. The van der Waals surface area contributed by atoms with Gasteiger partial charge in [0, 0.05) is 12.2 Å². The Morgan fingerprint density at radius 2 is 1.77 bits per heavy atom. The fourth-order valence-corrected chi connectivity index (χ4v) is 5.59. The summed E-state index contributed by atoms with van der Waals surface area (Å²) in [5.41, 5.74) is 3.22. The maximum atomic E-state index is 13.4. The van der Waals surface area contributed by atoms with E-state index in [1.807, 2.05) is 24.3 Å². The lowest BCUT2D eigenvalue weighted by molar-refractivity contribution is -0.118. The minimum absolute atomic E-state index is 0.175. The number of nitrogens with one attached hydrogen (secondary N) is 1. The Hall–Kier alpha value is -3.85. The number of aryl methyl sites for hydroxylation is 2. The minimum Gasteiger partial charge on any atom is -0.483 e. The topological polar surface area (TPSA) is 102 Å². The zero-order valence-corrected chi connectivity index (χ0v) is 20.3. The minimum atomic E-state index is -3.73. The number of hydrogen-bond acceptors (Lipinski definition) is 6. The van der Waals surface area contributed by atoms with E-state index in [4.69, 9.17) is 4.74 Å². The predicted molar refractivity (Wildman–Crippen MR) is 132 cm³/mol. The molecule has 1 heterocycles. The molecule has 0 bridgehead atoms. The number of sulfonamides is 1. The van der Waals surface area contributed by atoms with Gasteiger partial charge >= 0.3 is 5.97 Å². The molecule has 1 aliphatic heterocycles. The molecule has 9 heteroatoms. The third-order valence-electron chi connectivity index (χ3n) is 5.75. The highest BCUT2D eigenvalue weighted by atomic mass is 32.2. The average Bonchev–Trinajstić information content (AvgIpc) is 2.87. The van der Waals surface area contributed by atoms with Crippen molar-refractivity contribution in [2.45, 2.75) is 24.7 Å². The van der Waals surface area contributed by atoms with E-state index in [2.05, 4.69) is 10.1 Å². The zero-order valence-electron chi connectivity index (χ0n) is 19.5. The molecule has 8 nitrogen and oxygen atoms in total. The van der Waals surface area contributed by atoms with Crippen LogP contribution in [0.2, 0.25) is 0 Å². The van der Waals surface area contributed by atoms with Crippen LogP contribution in [0, 0.1) is 6.92 Å². The van der Waals surface area contributed by atoms with Crippen LogP contribution in [0.1, 0.15) is 27.9 Å². The van der Waals surface area contributed by atoms with E-state index in [9.17, 15) is 18.0 Å². The number of hydrogen-bond donors (Lipinski definition) is 1. The van der Waals surface area contributed by atoms with Crippen LogP contribution in [0.25, 0.3) is 0 Å². The number of esters is 1. The van der Waals surface area contributed by atoms with E-state index in [0.29, 0.717) is 34.8 Å². The van der Waals surface area contributed by atoms with Crippen LogP contribution in [-0.4, -0.2) is 40.6 Å². The van der Waals surface area contributed by atoms with Crippen LogP contribution < -0.4 is 14.4 Å². The number of rotatable bonds is 7. The molecule has 0 fully saturated rings. The molecule has 1 aliphatic rings. The lowest BCUT2D eigenvalue weighted by atomic mass is 10.0. The fourth-order valence-electron chi connectivity index (χ4n) is 3.97. The van der Waals surface area contributed by atoms with Crippen LogP contribution in [0.15, 0.2) is 71.6 Å². The second-order valence-corrected chi connectivity index (χ2v) is 10.0. The van der Waals surface area contributed by atoms with Crippen molar-refractivity contribution in [3.63, 3.8) is 0 Å². The standard InChI is InChI=1S/C26H26N2O6S/c1-18-16-22(35(31,32)28-15-5-7-19-6-3-4-8-23(19)28)13-14-24(18)34-17-25(29)27-21-11-9-20(10-12-21)26(30)33-2/h3-4,6,8-14,16H,5,7,15,17H2,1-2H3,(H,27,29). The Balaban J connectivity index is 1.41. The first-order valence-electron chi connectivity index (χ1n) is 11.1. The van der Waals surface area contributed by atoms with E-state index in [-0.39, 0.29) is 11.5 Å². The molecule has 0 unspecified atom stereocenters. The monoisotopic (exact) mass is 494 g/mol. The molecule has 0 aromatic heterocycles. The SMILES string of the molecule is COC(=O)c1ccc(NC(=O)COc2ccc(S(=O)(=O)N3CCCc4ccccc43)cc2C)cc1. The molecule has 0 spiro atoms. The number of carbonyl (C=O) groups is 2. The van der Waals surface area contributed by atoms with E-state index in [0.717, 1.165) is 18.4 Å². The van der Waals surface area contributed by atoms with E-state index in [1.165, 1.54) is 17.5 Å². The summed E-state index contributed by atoms with van der Waals surface area (Å²) < 4.78 is 38.5. The van der Waals surface area contributed by atoms with Crippen molar-refractivity contribution in [1.29, 1.82) is 0 Å². The molecule has 4 rings (SSSR count). The third-order valence-corrected chi connectivity index (χ3v) is 7.56. The van der Waals surface area contributed by atoms with Gasteiger partial charge in [-0.05, 0) is 79.4 Å². The summed E-state index contributed by atoms with van der Waals surface area (Å²) in [7, 11) is -2.44. The Bertz CT molecular complexity index is 1350. The first-order valence-corrected chi connectivity index (χ1v) is 12.6. The van der Waals surface area contributed by atoms with Gasteiger partial charge in [-0.15, -0.1) is 0 Å². The van der Waals surface area contributed by atoms with Crippen molar-refractivity contribution in [3.05, 3.63) is 83.4 Å². The number of para-hydroxylation sites is 1. The van der Waals surface area contributed by atoms with Crippen molar-refractivity contribution in [2.75, 3.05) is 29.9 Å². The number of nitrogens with zero attached hydrogens (tertiary/aromatic N) is 1. The fraction of sp³-hybridized carbons (Fsp3) is 0.231. The van der Waals surface area contributed by atoms with Gasteiger partial charge in [0.1, 0.15) is 5.75 Å². The molecule has 0 atom stereocenters. The van der Waals surface area contributed by atoms with Gasteiger partial charge in [0.25, 0.3) is 15.9 Å². The summed E-state index contributed by atoms with van der Waals surface area (Å²) >= 11 is 0. The molecule has 1 N–H and O–H groups in total. The molecule has 0 saturated carbocycles. The molecule has 0 aliphatic carbocycles. The summed E-state index contributed by atoms with van der Waals surface area (Å²) in [6.45, 7) is 1.91. The summed E-state index contributed by atoms with van der Waals surface area (Å²) in [5.74, 6) is -0.437. The Morgan fingerprint density at radius 1 is 1.03 bits per heavy atom. The molecule has 0 radical (unpaired) electrons. The van der Waals surface area contributed by atoms with Gasteiger partial charge in [-0.2, -0.15) is 0 Å². The van der Waals surface area contributed by atoms with Crippen molar-refractivity contribution >= 4 is 33.3 Å². The van der Waals surface area contributed by atoms with Gasteiger partial charge in [-0.25, -0.2) is 13.2 Å². The number of methoxy groups -OCH3 is 1. The number of benzene rings is 3. The van der Waals surface area contributed by atoms with E-state index >= 15 is 0 Å². The normalized spacial score (nSPS) is 13.0. The lowest BCUT2D eigenvalue weighted by Gasteiger charge is -2.30. The smallest absolute Gasteiger partial charge is 0.337 e. The van der Waals surface area contributed by atoms with Crippen molar-refractivity contribution in [1.82, 2.24) is 0 Å². The molecule has 35 heavy (non-hydrogen) atoms. The molecule has 0 saturated heterocycles. The quantitative estimate of drug-likeness (QED) is 0.499. The Kier molecular flexibility index (Phi) is 7.07. The van der Waals surface area contributed by atoms with Crippen molar-refractivity contribution in [2.24, 2.45) is 0 Å². The largest absolute Gasteiger partial charge is 0.483 e. The van der Waals surface area contributed by atoms with E-state index in [1.54, 1.807) is 43.3 Å². The second-order valence-electron chi connectivity index (χ2n) is 8.14. The number of anilines is 2. The highest BCUT2D eigenvalue weighted by molar-refractivity contribution is 7.92. The van der Waals surface area contributed by atoms with Crippen molar-refractivity contribution < 1.29 is 27.5 Å². The highest BCUT2D eigenvalue weighted by Crippen LogP contribution is 2.33. The number of carbonyl (C=O) groups excluding carboxylic acids is 2. The lowest BCUT2D eigenvalue weighted by Crippen LogP contribution is -2.35. The maximum Gasteiger partial charge on any atom is 0.337 e. The summed E-state index contributed by atoms with van der Waals surface area (Å²) in [5, 5.41) is 2.69. The highest BCUT2D eigenvalue weighted by Gasteiger charge is 2.29. The Labute approximate surface area is 204 Å². The van der Waals surface area contributed by atoms with Crippen LogP contribution in [-0.2, 0) is 26.0 Å². The summed E-state index contributed by atoms with van der Waals surface area (Å²) in [4.78, 5) is 24.0. The first kappa shape index (κ1) is 24.3. The van der Waals surface area contributed by atoms with Gasteiger partial charge in [0.2, 0.25) is 0 Å².